The van der Waals surface area contributed by atoms with Gasteiger partial charge in [0.1, 0.15) is 0 Å². The Balaban J connectivity index is 1.74. The molecular formula is C12H22N2O. The molecule has 2 fully saturated rings. The molecule has 1 amide bonds. The summed E-state index contributed by atoms with van der Waals surface area (Å²) >= 11 is 0. The Labute approximate surface area is 92.2 Å². The van der Waals surface area contributed by atoms with E-state index in [9.17, 15) is 4.79 Å². The number of nitrogens with one attached hydrogen (secondary N) is 1. The third-order valence-corrected chi connectivity index (χ3v) is 3.63. The lowest BCUT2D eigenvalue weighted by Crippen LogP contribution is -2.38. The number of carbonyl (C=O) groups is 1. The van der Waals surface area contributed by atoms with E-state index in [4.69, 9.17) is 0 Å². The van der Waals surface area contributed by atoms with E-state index in [2.05, 4.69) is 10.2 Å². The van der Waals surface area contributed by atoms with Crippen LogP contribution in [0, 0.1) is 5.92 Å². The van der Waals surface area contributed by atoms with Gasteiger partial charge in [-0.1, -0.05) is 0 Å². The van der Waals surface area contributed by atoms with E-state index in [1.54, 1.807) is 0 Å². The number of likely N-dealkylation sites (tertiary alicyclic amines) is 1. The minimum absolute atomic E-state index is 0.404. The fraction of sp³-hybridized carbons (Fsp3) is 0.917. The second kappa shape index (κ2) is 5.50. The number of amides is 1. The van der Waals surface area contributed by atoms with Gasteiger partial charge in [0.05, 0.1) is 0 Å². The first-order valence-electron chi connectivity index (χ1n) is 6.35. The minimum Gasteiger partial charge on any atom is -0.343 e. The molecular weight excluding hydrogens is 188 g/mol. The SMILES string of the molecule is O=C(CC1CCNCC1)N1CCCCC1. The minimum atomic E-state index is 0.404. The van der Waals surface area contributed by atoms with Crippen molar-refractivity contribution in [3.8, 4) is 0 Å². The van der Waals surface area contributed by atoms with E-state index in [1.165, 1.54) is 32.1 Å². The summed E-state index contributed by atoms with van der Waals surface area (Å²) in [6, 6.07) is 0. The fourth-order valence-corrected chi connectivity index (χ4v) is 2.61. The van der Waals surface area contributed by atoms with Crippen LogP contribution in [0.4, 0.5) is 0 Å². The highest BCUT2D eigenvalue weighted by molar-refractivity contribution is 5.76. The number of carbonyl (C=O) groups excluding carboxylic acids is 1. The third-order valence-electron chi connectivity index (χ3n) is 3.63. The van der Waals surface area contributed by atoms with Crippen LogP contribution in [0.5, 0.6) is 0 Å². The molecule has 1 N–H and O–H groups in total. The molecule has 2 aliphatic heterocycles. The van der Waals surface area contributed by atoms with Gasteiger partial charge in [0, 0.05) is 19.5 Å². The number of hydrogen-bond donors (Lipinski definition) is 1. The maximum absolute atomic E-state index is 12.0. The van der Waals surface area contributed by atoms with E-state index in [0.29, 0.717) is 11.8 Å². The molecule has 2 aliphatic rings. The molecule has 0 saturated carbocycles. The van der Waals surface area contributed by atoms with Crippen LogP contribution in [0.3, 0.4) is 0 Å². The van der Waals surface area contributed by atoms with Crippen LogP contribution in [-0.2, 0) is 4.79 Å². The highest BCUT2D eigenvalue weighted by Gasteiger charge is 2.21. The molecule has 0 aliphatic carbocycles. The van der Waals surface area contributed by atoms with Crippen LogP contribution in [0.2, 0.25) is 0 Å². The Morgan fingerprint density at radius 3 is 2.47 bits per heavy atom. The number of piperidine rings is 2. The molecule has 3 nitrogen and oxygen atoms in total. The fourth-order valence-electron chi connectivity index (χ4n) is 2.61. The second-order valence-electron chi connectivity index (χ2n) is 4.84. The van der Waals surface area contributed by atoms with Crippen molar-refractivity contribution in [1.29, 1.82) is 0 Å². The molecule has 3 heteroatoms. The molecule has 0 spiro atoms. The number of nitrogens with zero attached hydrogens (tertiary/aromatic N) is 1. The van der Waals surface area contributed by atoms with Crippen molar-refractivity contribution < 1.29 is 4.79 Å². The lowest BCUT2D eigenvalue weighted by molar-refractivity contribution is -0.133. The molecule has 0 unspecified atom stereocenters. The van der Waals surface area contributed by atoms with Crippen LogP contribution in [-0.4, -0.2) is 37.0 Å². The average Bonchev–Trinajstić information content (AvgIpc) is 2.31. The maximum atomic E-state index is 12.0. The standard InChI is InChI=1S/C12H22N2O/c15-12(14-8-2-1-3-9-14)10-11-4-6-13-7-5-11/h11,13H,1-10H2. The van der Waals surface area contributed by atoms with Crippen LogP contribution >= 0.6 is 0 Å². The number of rotatable bonds is 2. The zero-order chi connectivity index (χ0) is 10.5. The molecule has 2 rings (SSSR count). The van der Waals surface area contributed by atoms with Gasteiger partial charge in [-0.25, -0.2) is 0 Å². The normalized spacial score (nSPS) is 24.1. The van der Waals surface area contributed by atoms with Crippen molar-refractivity contribution in [3.05, 3.63) is 0 Å². The lowest BCUT2D eigenvalue weighted by atomic mass is 9.94. The van der Waals surface area contributed by atoms with Gasteiger partial charge in [-0.15, -0.1) is 0 Å². The zero-order valence-corrected chi connectivity index (χ0v) is 9.50. The first-order chi connectivity index (χ1) is 7.36. The molecule has 86 valence electrons. The van der Waals surface area contributed by atoms with Gasteiger partial charge in [0.25, 0.3) is 0 Å². The van der Waals surface area contributed by atoms with Gasteiger partial charge in [-0.05, 0) is 51.1 Å². The lowest BCUT2D eigenvalue weighted by Gasteiger charge is -2.29. The van der Waals surface area contributed by atoms with E-state index in [0.717, 1.165) is 32.6 Å². The smallest absolute Gasteiger partial charge is 0.222 e. The predicted molar refractivity (Wildman–Crippen MR) is 60.6 cm³/mol. The molecule has 0 atom stereocenters. The summed E-state index contributed by atoms with van der Waals surface area (Å²) in [5, 5.41) is 3.34. The van der Waals surface area contributed by atoms with Crippen molar-refractivity contribution in [2.24, 2.45) is 5.92 Å². The first-order valence-corrected chi connectivity index (χ1v) is 6.35. The predicted octanol–water partition coefficient (Wildman–Crippen LogP) is 1.39. The molecule has 0 bridgehead atoms. The highest BCUT2D eigenvalue weighted by Crippen LogP contribution is 2.19. The monoisotopic (exact) mass is 210 g/mol. The summed E-state index contributed by atoms with van der Waals surface area (Å²) in [4.78, 5) is 14.0. The summed E-state index contributed by atoms with van der Waals surface area (Å²) < 4.78 is 0. The van der Waals surface area contributed by atoms with Crippen LogP contribution in [0.25, 0.3) is 0 Å². The topological polar surface area (TPSA) is 32.3 Å². The van der Waals surface area contributed by atoms with Crippen molar-refractivity contribution in [1.82, 2.24) is 10.2 Å². The van der Waals surface area contributed by atoms with Crippen molar-refractivity contribution in [2.45, 2.75) is 38.5 Å². The van der Waals surface area contributed by atoms with Crippen molar-refractivity contribution in [3.63, 3.8) is 0 Å². The van der Waals surface area contributed by atoms with E-state index in [1.807, 2.05) is 0 Å². The van der Waals surface area contributed by atoms with Gasteiger partial charge in [0.2, 0.25) is 5.91 Å². The summed E-state index contributed by atoms with van der Waals surface area (Å²) in [7, 11) is 0. The van der Waals surface area contributed by atoms with Gasteiger partial charge in [-0.3, -0.25) is 4.79 Å². The Morgan fingerprint density at radius 2 is 1.80 bits per heavy atom. The Bertz CT molecular complexity index is 206. The van der Waals surface area contributed by atoms with E-state index < -0.39 is 0 Å². The van der Waals surface area contributed by atoms with Crippen LogP contribution in [0.15, 0.2) is 0 Å². The maximum Gasteiger partial charge on any atom is 0.222 e. The Kier molecular flexibility index (Phi) is 4.01. The average molecular weight is 210 g/mol. The molecule has 0 aromatic carbocycles. The third kappa shape index (κ3) is 3.20. The van der Waals surface area contributed by atoms with Crippen LogP contribution < -0.4 is 5.32 Å². The van der Waals surface area contributed by atoms with Gasteiger partial charge < -0.3 is 10.2 Å². The summed E-state index contributed by atoms with van der Waals surface area (Å²) in [6.07, 6.45) is 6.87. The molecule has 2 heterocycles. The largest absolute Gasteiger partial charge is 0.343 e. The summed E-state index contributed by atoms with van der Waals surface area (Å²) in [5.74, 6) is 1.04. The van der Waals surface area contributed by atoms with Crippen molar-refractivity contribution in [2.75, 3.05) is 26.2 Å². The molecule has 0 aromatic rings. The summed E-state index contributed by atoms with van der Waals surface area (Å²) in [5.41, 5.74) is 0. The molecule has 2 saturated heterocycles. The summed E-state index contributed by atoms with van der Waals surface area (Å²) in [6.45, 7) is 4.20. The Hall–Kier alpha value is -0.570. The molecule has 0 aromatic heterocycles. The van der Waals surface area contributed by atoms with Gasteiger partial charge in [-0.2, -0.15) is 0 Å². The molecule has 15 heavy (non-hydrogen) atoms. The first kappa shape index (κ1) is 10.9. The second-order valence-corrected chi connectivity index (χ2v) is 4.84. The van der Waals surface area contributed by atoms with Crippen LogP contribution in [0.1, 0.15) is 38.5 Å². The Morgan fingerprint density at radius 1 is 1.13 bits per heavy atom. The number of hydrogen-bond acceptors (Lipinski definition) is 2. The highest BCUT2D eigenvalue weighted by atomic mass is 16.2. The van der Waals surface area contributed by atoms with Crippen molar-refractivity contribution >= 4 is 5.91 Å². The van der Waals surface area contributed by atoms with E-state index >= 15 is 0 Å². The van der Waals surface area contributed by atoms with E-state index in [-0.39, 0.29) is 0 Å². The zero-order valence-electron chi connectivity index (χ0n) is 9.50. The van der Waals surface area contributed by atoms with Gasteiger partial charge in [0.15, 0.2) is 0 Å². The quantitative estimate of drug-likeness (QED) is 0.747. The van der Waals surface area contributed by atoms with Gasteiger partial charge >= 0.3 is 0 Å². The molecule has 0 radical (unpaired) electrons.